The highest BCUT2D eigenvalue weighted by atomic mass is 16.6. The van der Waals surface area contributed by atoms with Gasteiger partial charge in [0.05, 0.1) is 0 Å². The molecule has 0 unspecified atom stereocenters. The molecule has 4 nitrogen and oxygen atoms in total. The Labute approximate surface area is 97.3 Å². The molecule has 0 N–H and O–H groups in total. The fraction of sp³-hybridized carbons (Fsp3) is 0.667. The number of esters is 1. The molecule has 0 fully saturated rings. The molecular weight excluding hydrogens is 206 g/mol. The van der Waals surface area contributed by atoms with E-state index < -0.39 is 5.60 Å². The molecule has 92 valence electrons. The van der Waals surface area contributed by atoms with E-state index in [1.165, 1.54) is 11.8 Å². The van der Waals surface area contributed by atoms with Crippen LogP contribution in [0.5, 0.6) is 0 Å². The SMILES string of the molecule is CC(=O)N(C)/C=C/CCC(=O)OC(C)(C)C. The summed E-state index contributed by atoms with van der Waals surface area (Å²) in [6, 6.07) is 0. The number of hydrogen-bond donors (Lipinski definition) is 0. The van der Waals surface area contributed by atoms with Crippen LogP contribution in [-0.2, 0) is 14.3 Å². The van der Waals surface area contributed by atoms with Gasteiger partial charge in [-0.1, -0.05) is 6.08 Å². The van der Waals surface area contributed by atoms with Crippen LogP contribution in [-0.4, -0.2) is 29.4 Å². The van der Waals surface area contributed by atoms with Crippen LogP contribution in [0, 0.1) is 0 Å². The van der Waals surface area contributed by atoms with Gasteiger partial charge in [0.25, 0.3) is 0 Å². The minimum atomic E-state index is -0.434. The Balaban J connectivity index is 3.83. The molecule has 16 heavy (non-hydrogen) atoms. The Morgan fingerprint density at radius 3 is 2.31 bits per heavy atom. The maximum atomic E-state index is 11.3. The van der Waals surface area contributed by atoms with Crippen molar-refractivity contribution in [2.24, 2.45) is 0 Å². The van der Waals surface area contributed by atoms with Gasteiger partial charge < -0.3 is 9.64 Å². The van der Waals surface area contributed by atoms with Gasteiger partial charge in [-0.25, -0.2) is 0 Å². The lowest BCUT2D eigenvalue weighted by Crippen LogP contribution is -2.23. The standard InChI is InChI=1S/C12H21NO3/c1-10(14)13(5)9-7-6-8-11(15)16-12(2,3)4/h7,9H,6,8H2,1-5H3/b9-7+. The Hall–Kier alpha value is -1.32. The van der Waals surface area contributed by atoms with Crippen molar-refractivity contribution in [3.63, 3.8) is 0 Å². The number of allylic oxidation sites excluding steroid dienone is 1. The van der Waals surface area contributed by atoms with Crippen molar-refractivity contribution in [2.75, 3.05) is 7.05 Å². The van der Waals surface area contributed by atoms with Crippen molar-refractivity contribution in [1.82, 2.24) is 4.90 Å². The second kappa shape index (κ2) is 6.30. The molecule has 0 spiro atoms. The van der Waals surface area contributed by atoms with Crippen molar-refractivity contribution in [1.29, 1.82) is 0 Å². The Kier molecular flexibility index (Phi) is 5.78. The van der Waals surface area contributed by atoms with Gasteiger partial charge in [0.2, 0.25) is 5.91 Å². The summed E-state index contributed by atoms with van der Waals surface area (Å²) >= 11 is 0. The summed E-state index contributed by atoms with van der Waals surface area (Å²) in [5, 5.41) is 0. The number of amides is 1. The average Bonchev–Trinajstić information content (AvgIpc) is 2.08. The predicted octanol–water partition coefficient (Wildman–Crippen LogP) is 2.10. The molecule has 0 bridgehead atoms. The number of carbonyl (C=O) groups excluding carboxylic acids is 2. The van der Waals surface area contributed by atoms with Crippen molar-refractivity contribution in [3.05, 3.63) is 12.3 Å². The average molecular weight is 227 g/mol. The molecule has 0 aliphatic heterocycles. The molecule has 0 heterocycles. The second-order valence-corrected chi connectivity index (χ2v) is 4.64. The topological polar surface area (TPSA) is 46.6 Å². The summed E-state index contributed by atoms with van der Waals surface area (Å²) < 4.78 is 5.14. The van der Waals surface area contributed by atoms with Gasteiger partial charge >= 0.3 is 5.97 Å². The lowest BCUT2D eigenvalue weighted by molar-refractivity contribution is -0.154. The van der Waals surface area contributed by atoms with E-state index in [9.17, 15) is 9.59 Å². The van der Waals surface area contributed by atoms with E-state index in [-0.39, 0.29) is 11.9 Å². The molecule has 0 saturated carbocycles. The normalized spacial score (nSPS) is 11.6. The van der Waals surface area contributed by atoms with E-state index >= 15 is 0 Å². The number of ether oxygens (including phenoxy) is 1. The van der Waals surface area contributed by atoms with Crippen LogP contribution in [0.4, 0.5) is 0 Å². The van der Waals surface area contributed by atoms with Crippen LogP contribution in [0.3, 0.4) is 0 Å². The smallest absolute Gasteiger partial charge is 0.306 e. The van der Waals surface area contributed by atoms with Crippen LogP contribution in [0.1, 0.15) is 40.5 Å². The fourth-order valence-corrected chi connectivity index (χ4v) is 0.931. The van der Waals surface area contributed by atoms with Gasteiger partial charge in [0, 0.05) is 26.6 Å². The first kappa shape index (κ1) is 14.7. The van der Waals surface area contributed by atoms with Crippen molar-refractivity contribution < 1.29 is 14.3 Å². The largest absolute Gasteiger partial charge is 0.460 e. The molecular formula is C12H21NO3. The summed E-state index contributed by atoms with van der Waals surface area (Å²) in [6.07, 6.45) is 4.35. The van der Waals surface area contributed by atoms with Gasteiger partial charge in [-0.3, -0.25) is 9.59 Å². The lowest BCUT2D eigenvalue weighted by Gasteiger charge is -2.19. The van der Waals surface area contributed by atoms with E-state index in [0.717, 1.165) is 0 Å². The van der Waals surface area contributed by atoms with Gasteiger partial charge in [-0.15, -0.1) is 0 Å². The Morgan fingerprint density at radius 2 is 1.88 bits per heavy atom. The maximum absolute atomic E-state index is 11.3. The van der Waals surface area contributed by atoms with Crippen molar-refractivity contribution >= 4 is 11.9 Å². The molecule has 0 aliphatic carbocycles. The zero-order valence-corrected chi connectivity index (χ0v) is 10.7. The van der Waals surface area contributed by atoms with E-state index in [4.69, 9.17) is 4.74 Å². The van der Waals surface area contributed by atoms with Crippen LogP contribution in [0.2, 0.25) is 0 Å². The second-order valence-electron chi connectivity index (χ2n) is 4.64. The Bertz CT molecular complexity index is 276. The highest BCUT2D eigenvalue weighted by molar-refractivity contribution is 5.74. The molecule has 4 heteroatoms. The summed E-state index contributed by atoms with van der Waals surface area (Å²) in [5.41, 5.74) is -0.434. The van der Waals surface area contributed by atoms with E-state index in [1.54, 1.807) is 19.3 Å². The molecule has 0 aromatic heterocycles. The predicted molar refractivity (Wildman–Crippen MR) is 62.7 cm³/mol. The molecule has 0 radical (unpaired) electrons. The van der Waals surface area contributed by atoms with Crippen LogP contribution in [0.25, 0.3) is 0 Å². The zero-order valence-electron chi connectivity index (χ0n) is 10.7. The number of rotatable bonds is 4. The highest BCUT2D eigenvalue weighted by Crippen LogP contribution is 2.09. The third-order valence-electron chi connectivity index (χ3n) is 1.76. The molecule has 0 aliphatic rings. The number of carbonyl (C=O) groups is 2. The highest BCUT2D eigenvalue weighted by Gasteiger charge is 2.15. The van der Waals surface area contributed by atoms with Crippen LogP contribution < -0.4 is 0 Å². The first-order valence-corrected chi connectivity index (χ1v) is 5.34. The van der Waals surface area contributed by atoms with Crippen LogP contribution >= 0.6 is 0 Å². The number of nitrogens with zero attached hydrogens (tertiary/aromatic N) is 1. The van der Waals surface area contributed by atoms with E-state index in [0.29, 0.717) is 12.8 Å². The monoisotopic (exact) mass is 227 g/mol. The van der Waals surface area contributed by atoms with Gasteiger partial charge in [0.15, 0.2) is 0 Å². The molecule has 0 aromatic rings. The number of hydrogen-bond acceptors (Lipinski definition) is 3. The molecule has 0 atom stereocenters. The summed E-state index contributed by atoms with van der Waals surface area (Å²) in [6.45, 7) is 7.00. The van der Waals surface area contributed by atoms with Gasteiger partial charge in [-0.2, -0.15) is 0 Å². The Morgan fingerprint density at radius 1 is 1.31 bits per heavy atom. The zero-order chi connectivity index (χ0) is 12.8. The minimum Gasteiger partial charge on any atom is -0.460 e. The van der Waals surface area contributed by atoms with Crippen molar-refractivity contribution in [3.8, 4) is 0 Å². The molecule has 0 aromatic carbocycles. The van der Waals surface area contributed by atoms with Crippen molar-refractivity contribution in [2.45, 2.75) is 46.1 Å². The first-order chi connectivity index (χ1) is 7.22. The third-order valence-corrected chi connectivity index (χ3v) is 1.76. The third kappa shape index (κ3) is 8.03. The summed E-state index contributed by atoms with van der Waals surface area (Å²) in [4.78, 5) is 23.6. The minimum absolute atomic E-state index is 0.0338. The summed E-state index contributed by atoms with van der Waals surface area (Å²) in [7, 11) is 1.67. The van der Waals surface area contributed by atoms with Gasteiger partial charge in [0.1, 0.15) is 5.60 Å². The maximum Gasteiger partial charge on any atom is 0.306 e. The van der Waals surface area contributed by atoms with Gasteiger partial charge in [-0.05, 0) is 27.2 Å². The van der Waals surface area contributed by atoms with E-state index in [2.05, 4.69) is 0 Å². The molecule has 1 amide bonds. The fourth-order valence-electron chi connectivity index (χ4n) is 0.931. The lowest BCUT2D eigenvalue weighted by atomic mass is 10.2. The molecule has 0 rings (SSSR count). The first-order valence-electron chi connectivity index (χ1n) is 5.34. The van der Waals surface area contributed by atoms with E-state index in [1.807, 2.05) is 20.8 Å². The quantitative estimate of drug-likeness (QED) is 0.691. The van der Waals surface area contributed by atoms with Crippen LogP contribution in [0.15, 0.2) is 12.3 Å². The molecule has 0 saturated heterocycles. The summed E-state index contributed by atoms with van der Waals surface area (Å²) in [5.74, 6) is -0.254.